The normalized spacial score (nSPS) is 15.1. The smallest absolute Gasteiger partial charge is 0.355 e. The molecule has 1 aromatic heterocycles. The second-order valence-electron chi connectivity index (χ2n) is 7.76. The minimum absolute atomic E-state index is 0.0464. The number of anilines is 1. The van der Waals surface area contributed by atoms with Crippen molar-refractivity contribution >= 4 is 28.3 Å². The standard InChI is InChI=1S/C24H24N2O3S/c27-22(26-24-25-21(15-30-24)23(28)29)20(14-16-6-4-5-7-16)19-12-10-18(11-13-19)17-8-2-1-3-9-17/h1-3,8-13,15-16,20H,4-7,14H2,(H,28,29)(H,25,26,27). The van der Waals surface area contributed by atoms with E-state index in [1.165, 1.54) is 18.2 Å². The number of carboxylic acid groups (broad SMARTS) is 1. The molecule has 154 valence electrons. The van der Waals surface area contributed by atoms with Gasteiger partial charge in [-0.3, -0.25) is 4.79 Å². The highest BCUT2D eigenvalue weighted by Crippen LogP contribution is 2.35. The lowest BCUT2D eigenvalue weighted by Gasteiger charge is -2.20. The van der Waals surface area contributed by atoms with Crippen molar-refractivity contribution in [3.05, 3.63) is 71.2 Å². The molecule has 4 rings (SSSR count). The van der Waals surface area contributed by atoms with Gasteiger partial charge in [-0.2, -0.15) is 0 Å². The van der Waals surface area contributed by atoms with E-state index in [2.05, 4.69) is 34.6 Å². The Morgan fingerprint density at radius 3 is 2.33 bits per heavy atom. The monoisotopic (exact) mass is 420 g/mol. The minimum Gasteiger partial charge on any atom is -0.476 e. The predicted molar refractivity (Wildman–Crippen MR) is 119 cm³/mol. The Hall–Kier alpha value is -2.99. The highest BCUT2D eigenvalue weighted by molar-refractivity contribution is 7.14. The molecule has 1 atom stereocenters. The van der Waals surface area contributed by atoms with Gasteiger partial charge in [0.05, 0.1) is 5.92 Å². The van der Waals surface area contributed by atoms with E-state index in [0.717, 1.165) is 47.3 Å². The first-order chi connectivity index (χ1) is 14.6. The number of aromatic nitrogens is 1. The number of rotatable bonds is 7. The van der Waals surface area contributed by atoms with E-state index in [1.54, 1.807) is 0 Å². The third kappa shape index (κ3) is 4.76. The molecule has 0 spiro atoms. The number of hydrogen-bond donors (Lipinski definition) is 2. The summed E-state index contributed by atoms with van der Waals surface area (Å²) < 4.78 is 0. The number of benzene rings is 2. The molecule has 1 heterocycles. The fraction of sp³-hybridized carbons (Fsp3) is 0.292. The quantitative estimate of drug-likeness (QED) is 0.505. The molecule has 2 N–H and O–H groups in total. The maximum Gasteiger partial charge on any atom is 0.355 e. The summed E-state index contributed by atoms with van der Waals surface area (Å²) in [6.45, 7) is 0. The van der Waals surface area contributed by atoms with Gasteiger partial charge in [-0.15, -0.1) is 11.3 Å². The Morgan fingerprint density at radius 1 is 1.03 bits per heavy atom. The zero-order valence-corrected chi connectivity index (χ0v) is 17.4. The van der Waals surface area contributed by atoms with Crippen molar-refractivity contribution < 1.29 is 14.7 Å². The Labute approximate surface area is 179 Å². The SMILES string of the molecule is O=C(O)c1csc(NC(=O)C(CC2CCCC2)c2ccc(-c3ccccc3)cc2)n1. The number of carbonyl (C=O) groups is 2. The number of hydrogen-bond acceptors (Lipinski definition) is 4. The van der Waals surface area contributed by atoms with Crippen molar-refractivity contribution in [3.63, 3.8) is 0 Å². The van der Waals surface area contributed by atoms with Crippen LogP contribution in [0.5, 0.6) is 0 Å². The number of nitrogens with zero attached hydrogens (tertiary/aromatic N) is 1. The van der Waals surface area contributed by atoms with Crippen LogP contribution < -0.4 is 5.32 Å². The average Bonchev–Trinajstić information content (AvgIpc) is 3.45. The molecule has 0 bridgehead atoms. The molecule has 1 unspecified atom stereocenters. The van der Waals surface area contributed by atoms with Crippen molar-refractivity contribution in [1.29, 1.82) is 0 Å². The Balaban J connectivity index is 1.55. The summed E-state index contributed by atoms with van der Waals surface area (Å²) in [5.41, 5.74) is 3.19. The maximum atomic E-state index is 13.1. The highest BCUT2D eigenvalue weighted by atomic mass is 32.1. The van der Waals surface area contributed by atoms with Crippen LogP contribution in [-0.4, -0.2) is 22.0 Å². The van der Waals surface area contributed by atoms with E-state index in [9.17, 15) is 9.59 Å². The minimum atomic E-state index is -1.09. The van der Waals surface area contributed by atoms with Crippen molar-refractivity contribution in [2.45, 2.75) is 38.0 Å². The fourth-order valence-electron chi connectivity index (χ4n) is 4.13. The van der Waals surface area contributed by atoms with Crippen LogP contribution in [0.25, 0.3) is 11.1 Å². The summed E-state index contributed by atoms with van der Waals surface area (Å²) in [5, 5.41) is 13.7. The van der Waals surface area contributed by atoms with Gasteiger partial charge in [-0.05, 0) is 29.0 Å². The second-order valence-corrected chi connectivity index (χ2v) is 8.62. The summed E-state index contributed by atoms with van der Waals surface area (Å²) in [6.07, 6.45) is 5.56. The van der Waals surface area contributed by atoms with Crippen molar-refractivity contribution in [1.82, 2.24) is 4.98 Å². The molecule has 1 fully saturated rings. The van der Waals surface area contributed by atoms with Crippen LogP contribution in [0, 0.1) is 5.92 Å². The first-order valence-electron chi connectivity index (χ1n) is 10.2. The van der Waals surface area contributed by atoms with Crippen molar-refractivity contribution in [3.8, 4) is 11.1 Å². The summed E-state index contributed by atoms with van der Waals surface area (Å²) >= 11 is 1.14. The van der Waals surface area contributed by atoms with Crippen LogP contribution in [0.3, 0.4) is 0 Å². The van der Waals surface area contributed by atoms with Crippen LogP contribution in [0.2, 0.25) is 0 Å². The van der Waals surface area contributed by atoms with Crippen molar-refractivity contribution in [2.75, 3.05) is 5.32 Å². The first-order valence-corrected chi connectivity index (χ1v) is 11.1. The van der Waals surface area contributed by atoms with Gasteiger partial charge in [0.2, 0.25) is 5.91 Å². The molecule has 3 aromatic rings. The third-order valence-electron chi connectivity index (χ3n) is 5.73. The van der Waals surface area contributed by atoms with Gasteiger partial charge in [-0.25, -0.2) is 9.78 Å². The highest BCUT2D eigenvalue weighted by Gasteiger charge is 2.27. The number of nitrogens with one attached hydrogen (secondary N) is 1. The number of amides is 1. The fourth-order valence-corrected chi connectivity index (χ4v) is 4.82. The molecule has 0 aliphatic heterocycles. The molecule has 6 heteroatoms. The lowest BCUT2D eigenvalue weighted by Crippen LogP contribution is -2.23. The summed E-state index contributed by atoms with van der Waals surface area (Å²) in [6, 6.07) is 18.3. The van der Waals surface area contributed by atoms with Crippen LogP contribution in [0.15, 0.2) is 60.0 Å². The van der Waals surface area contributed by atoms with Gasteiger partial charge in [0.1, 0.15) is 0 Å². The molecular formula is C24H24N2O3S. The van der Waals surface area contributed by atoms with Gasteiger partial charge in [0, 0.05) is 5.38 Å². The predicted octanol–water partition coefficient (Wildman–Crippen LogP) is 5.81. The summed E-state index contributed by atoms with van der Waals surface area (Å²) in [4.78, 5) is 28.2. The van der Waals surface area contributed by atoms with Gasteiger partial charge in [-0.1, -0.05) is 80.3 Å². The molecule has 0 saturated heterocycles. The summed E-state index contributed by atoms with van der Waals surface area (Å²) in [5.74, 6) is -0.957. The van der Waals surface area contributed by atoms with E-state index >= 15 is 0 Å². The van der Waals surface area contributed by atoms with Gasteiger partial charge >= 0.3 is 5.97 Å². The maximum absolute atomic E-state index is 13.1. The van der Waals surface area contributed by atoms with Gasteiger partial charge in [0.25, 0.3) is 0 Å². The van der Waals surface area contributed by atoms with E-state index < -0.39 is 5.97 Å². The van der Waals surface area contributed by atoms with Gasteiger partial charge in [0.15, 0.2) is 10.8 Å². The molecule has 1 aliphatic carbocycles. The first kappa shape index (κ1) is 20.3. The lowest BCUT2D eigenvalue weighted by atomic mass is 9.86. The average molecular weight is 421 g/mol. The Morgan fingerprint density at radius 2 is 1.70 bits per heavy atom. The van der Waals surface area contributed by atoms with Gasteiger partial charge < -0.3 is 10.4 Å². The molecule has 1 aliphatic rings. The van der Waals surface area contributed by atoms with Crippen LogP contribution in [-0.2, 0) is 4.79 Å². The molecule has 2 aromatic carbocycles. The zero-order valence-electron chi connectivity index (χ0n) is 16.6. The van der Waals surface area contributed by atoms with Crippen LogP contribution in [0.4, 0.5) is 5.13 Å². The van der Waals surface area contributed by atoms with E-state index in [0.29, 0.717) is 11.0 Å². The molecule has 1 saturated carbocycles. The van der Waals surface area contributed by atoms with Crippen molar-refractivity contribution in [2.24, 2.45) is 5.92 Å². The molecular weight excluding hydrogens is 396 g/mol. The molecule has 1 amide bonds. The lowest BCUT2D eigenvalue weighted by molar-refractivity contribution is -0.118. The largest absolute Gasteiger partial charge is 0.476 e. The molecule has 0 radical (unpaired) electrons. The number of thiazole rings is 1. The molecule has 30 heavy (non-hydrogen) atoms. The Bertz CT molecular complexity index is 1010. The third-order valence-corrected chi connectivity index (χ3v) is 6.49. The van der Waals surface area contributed by atoms with Crippen LogP contribution >= 0.6 is 11.3 Å². The molecule has 5 nitrogen and oxygen atoms in total. The number of carbonyl (C=O) groups excluding carboxylic acids is 1. The Kier molecular flexibility index (Phi) is 6.23. The summed E-state index contributed by atoms with van der Waals surface area (Å²) in [7, 11) is 0. The zero-order chi connectivity index (χ0) is 20.9. The van der Waals surface area contributed by atoms with E-state index in [4.69, 9.17) is 5.11 Å². The van der Waals surface area contributed by atoms with E-state index in [-0.39, 0.29) is 17.5 Å². The number of carboxylic acids is 1. The number of aromatic carboxylic acids is 1. The van der Waals surface area contributed by atoms with E-state index in [1.807, 2.05) is 30.3 Å². The second kappa shape index (κ2) is 9.22. The van der Waals surface area contributed by atoms with Crippen LogP contribution in [0.1, 0.15) is 54.1 Å². The topological polar surface area (TPSA) is 79.3 Å².